The predicted molar refractivity (Wildman–Crippen MR) is 47.3 cm³/mol. The first-order chi connectivity index (χ1) is 6.97. The largest absolute Gasteiger partial charge is 0.504 e. The number of hydrogen-bond acceptors (Lipinski definition) is 4. The summed E-state index contributed by atoms with van der Waals surface area (Å²) in [6, 6.07) is 1.93. The molecule has 0 saturated heterocycles. The van der Waals surface area contributed by atoms with Gasteiger partial charge in [0.05, 0.1) is 5.56 Å². The van der Waals surface area contributed by atoms with E-state index < -0.39 is 23.6 Å². The maximum Gasteiger partial charge on any atom is 0.325 e. The summed E-state index contributed by atoms with van der Waals surface area (Å²) in [5, 5.41) is 26.1. The smallest absolute Gasteiger partial charge is 0.325 e. The summed E-state index contributed by atoms with van der Waals surface area (Å²) in [4.78, 5) is 10.5. The van der Waals surface area contributed by atoms with Gasteiger partial charge in [0, 0.05) is 0 Å². The molecule has 0 aromatic heterocycles. The number of halogens is 1. The third kappa shape index (κ3) is 2.03. The molecule has 6 heteroatoms. The summed E-state index contributed by atoms with van der Waals surface area (Å²) in [6.07, 6.45) is 0. The van der Waals surface area contributed by atoms with Crippen LogP contribution in [0.3, 0.4) is 0 Å². The van der Waals surface area contributed by atoms with Crippen LogP contribution in [0.15, 0.2) is 12.1 Å². The molecule has 0 radical (unpaired) electrons. The summed E-state index contributed by atoms with van der Waals surface area (Å²) in [5.74, 6) is -3.22. The van der Waals surface area contributed by atoms with Crippen LogP contribution in [0.25, 0.3) is 0 Å². The van der Waals surface area contributed by atoms with Gasteiger partial charge < -0.3 is 15.9 Å². The van der Waals surface area contributed by atoms with Crippen LogP contribution in [0, 0.1) is 17.1 Å². The minimum Gasteiger partial charge on any atom is -0.504 e. The number of hydrogen-bond donors (Lipinski definition) is 3. The highest BCUT2D eigenvalue weighted by Crippen LogP contribution is 2.24. The van der Waals surface area contributed by atoms with Crippen LogP contribution in [0.2, 0.25) is 0 Å². The molecule has 78 valence electrons. The van der Waals surface area contributed by atoms with E-state index >= 15 is 0 Å². The first-order valence-electron chi connectivity index (χ1n) is 3.88. The Kier molecular flexibility index (Phi) is 2.87. The lowest BCUT2D eigenvalue weighted by atomic mass is 10.0. The molecule has 0 aliphatic rings. The van der Waals surface area contributed by atoms with Crippen molar-refractivity contribution in [1.82, 2.24) is 0 Å². The zero-order chi connectivity index (χ0) is 11.6. The fraction of sp³-hybridized carbons (Fsp3) is 0.111. The number of carboxylic acid groups (broad SMARTS) is 1. The van der Waals surface area contributed by atoms with Crippen molar-refractivity contribution in [2.24, 2.45) is 5.73 Å². The van der Waals surface area contributed by atoms with Crippen molar-refractivity contribution in [2.45, 2.75) is 6.04 Å². The quantitative estimate of drug-likeness (QED) is 0.658. The molecule has 0 spiro atoms. The molecule has 0 amide bonds. The molecular weight excluding hydrogens is 203 g/mol. The van der Waals surface area contributed by atoms with Gasteiger partial charge in [0.2, 0.25) is 0 Å². The summed E-state index contributed by atoms with van der Waals surface area (Å²) < 4.78 is 13.0. The maximum absolute atomic E-state index is 13.0. The zero-order valence-electron chi connectivity index (χ0n) is 7.44. The minimum atomic E-state index is -1.42. The Labute approximate surface area is 84.2 Å². The van der Waals surface area contributed by atoms with Crippen LogP contribution in [0.4, 0.5) is 4.39 Å². The topological polar surface area (TPSA) is 107 Å². The number of carbonyl (C=O) groups is 1. The highest BCUT2D eigenvalue weighted by Gasteiger charge is 2.18. The fourth-order valence-electron chi connectivity index (χ4n) is 1.03. The van der Waals surface area contributed by atoms with Crippen molar-refractivity contribution >= 4 is 5.97 Å². The molecule has 1 unspecified atom stereocenters. The average molecular weight is 210 g/mol. The van der Waals surface area contributed by atoms with Crippen LogP contribution in [-0.2, 0) is 4.79 Å². The highest BCUT2D eigenvalue weighted by atomic mass is 19.1. The van der Waals surface area contributed by atoms with Crippen LogP contribution < -0.4 is 5.73 Å². The Morgan fingerprint density at radius 1 is 1.60 bits per heavy atom. The van der Waals surface area contributed by atoms with E-state index in [2.05, 4.69) is 0 Å². The second-order valence-electron chi connectivity index (χ2n) is 2.83. The number of aromatic hydroxyl groups is 1. The van der Waals surface area contributed by atoms with Crippen molar-refractivity contribution in [3.8, 4) is 11.8 Å². The van der Waals surface area contributed by atoms with Gasteiger partial charge in [0.25, 0.3) is 0 Å². The second kappa shape index (κ2) is 3.94. The van der Waals surface area contributed by atoms with E-state index in [0.29, 0.717) is 0 Å². The van der Waals surface area contributed by atoms with Gasteiger partial charge in [0.15, 0.2) is 11.6 Å². The Bertz CT molecular complexity index is 453. The van der Waals surface area contributed by atoms with Gasteiger partial charge in [-0.2, -0.15) is 5.26 Å². The van der Waals surface area contributed by atoms with Crippen LogP contribution >= 0.6 is 0 Å². The second-order valence-corrected chi connectivity index (χ2v) is 2.83. The molecule has 0 aliphatic heterocycles. The third-order valence-electron chi connectivity index (χ3n) is 1.83. The zero-order valence-corrected chi connectivity index (χ0v) is 7.44. The first kappa shape index (κ1) is 10.9. The summed E-state index contributed by atoms with van der Waals surface area (Å²) in [6.45, 7) is 0. The number of aliphatic carboxylic acids is 1. The lowest BCUT2D eigenvalue weighted by Gasteiger charge is -2.08. The molecule has 1 aromatic carbocycles. The molecule has 0 aliphatic carbocycles. The molecule has 1 rings (SSSR count). The van der Waals surface area contributed by atoms with Crippen molar-refractivity contribution < 1.29 is 19.4 Å². The van der Waals surface area contributed by atoms with E-state index in [0.717, 1.165) is 12.1 Å². The normalized spacial score (nSPS) is 11.8. The molecule has 0 heterocycles. The number of carboxylic acids is 1. The fourth-order valence-corrected chi connectivity index (χ4v) is 1.03. The van der Waals surface area contributed by atoms with E-state index in [1.54, 1.807) is 0 Å². The van der Waals surface area contributed by atoms with Gasteiger partial charge in [-0.05, 0) is 17.7 Å². The van der Waals surface area contributed by atoms with E-state index in [9.17, 15) is 9.18 Å². The maximum atomic E-state index is 13.0. The number of nitrogens with zero attached hydrogens (tertiary/aromatic N) is 1. The number of rotatable bonds is 2. The van der Waals surface area contributed by atoms with Crippen molar-refractivity contribution in [2.75, 3.05) is 0 Å². The van der Waals surface area contributed by atoms with E-state index in [1.807, 2.05) is 0 Å². The molecule has 0 fully saturated rings. The monoisotopic (exact) mass is 210 g/mol. The van der Waals surface area contributed by atoms with Crippen LogP contribution in [0.5, 0.6) is 5.75 Å². The standard InChI is InChI=1S/C9H7FN2O3/c10-6-2-4(7(12)9(14)15)1-5(3-11)8(6)13/h1-2,7,13H,12H2,(H,14,15). The predicted octanol–water partition coefficient (Wildman–Crippen LogP) is 0.487. The third-order valence-corrected chi connectivity index (χ3v) is 1.83. The number of benzene rings is 1. The van der Waals surface area contributed by atoms with Crippen LogP contribution in [0.1, 0.15) is 17.2 Å². The van der Waals surface area contributed by atoms with Gasteiger partial charge in [-0.1, -0.05) is 0 Å². The lowest BCUT2D eigenvalue weighted by Crippen LogP contribution is -2.20. The van der Waals surface area contributed by atoms with E-state index in [-0.39, 0.29) is 11.1 Å². The van der Waals surface area contributed by atoms with Gasteiger partial charge in [-0.15, -0.1) is 0 Å². The number of phenols is 1. The lowest BCUT2D eigenvalue weighted by molar-refractivity contribution is -0.138. The Morgan fingerprint density at radius 2 is 2.20 bits per heavy atom. The Balaban J connectivity index is 3.30. The average Bonchev–Trinajstić information content (AvgIpc) is 2.20. The number of phenolic OH excluding ortho intramolecular Hbond substituents is 1. The molecule has 15 heavy (non-hydrogen) atoms. The Hall–Kier alpha value is -2.13. The van der Waals surface area contributed by atoms with Gasteiger partial charge in [0.1, 0.15) is 12.1 Å². The molecular formula is C9H7FN2O3. The summed E-state index contributed by atoms with van der Waals surface area (Å²) in [7, 11) is 0. The minimum absolute atomic E-state index is 0.0747. The van der Waals surface area contributed by atoms with Crippen molar-refractivity contribution in [1.29, 1.82) is 5.26 Å². The molecule has 0 bridgehead atoms. The van der Waals surface area contributed by atoms with Gasteiger partial charge in [-0.3, -0.25) is 4.79 Å². The highest BCUT2D eigenvalue weighted by molar-refractivity contribution is 5.75. The van der Waals surface area contributed by atoms with Crippen molar-refractivity contribution in [3.63, 3.8) is 0 Å². The van der Waals surface area contributed by atoms with Crippen molar-refractivity contribution in [3.05, 3.63) is 29.1 Å². The first-order valence-corrected chi connectivity index (χ1v) is 3.88. The van der Waals surface area contributed by atoms with Gasteiger partial charge in [-0.25, -0.2) is 4.39 Å². The molecule has 5 nitrogen and oxygen atoms in total. The summed E-state index contributed by atoms with van der Waals surface area (Å²) in [5.41, 5.74) is 4.80. The SMILES string of the molecule is N#Cc1cc(C(N)C(=O)O)cc(F)c1O. The molecule has 1 aromatic rings. The number of nitriles is 1. The van der Waals surface area contributed by atoms with E-state index in [1.165, 1.54) is 6.07 Å². The summed E-state index contributed by atoms with van der Waals surface area (Å²) >= 11 is 0. The van der Waals surface area contributed by atoms with Crippen LogP contribution in [-0.4, -0.2) is 16.2 Å². The Morgan fingerprint density at radius 3 is 2.67 bits per heavy atom. The molecule has 0 saturated carbocycles. The molecule has 1 atom stereocenters. The molecule has 4 N–H and O–H groups in total. The van der Waals surface area contributed by atoms with E-state index in [4.69, 9.17) is 21.2 Å². The van der Waals surface area contributed by atoms with Gasteiger partial charge >= 0.3 is 5.97 Å². The number of nitrogens with two attached hydrogens (primary N) is 1.